The van der Waals surface area contributed by atoms with Crippen molar-refractivity contribution < 1.29 is 14.3 Å². The zero-order valence-electron chi connectivity index (χ0n) is 18.0. The second-order valence-electron chi connectivity index (χ2n) is 8.87. The van der Waals surface area contributed by atoms with Crippen molar-refractivity contribution in [3.05, 3.63) is 40.4 Å². The number of aromatic nitrogens is 2. The molecule has 0 spiro atoms. The van der Waals surface area contributed by atoms with Crippen LogP contribution in [-0.4, -0.2) is 45.6 Å². The van der Waals surface area contributed by atoms with Gasteiger partial charge in [0.25, 0.3) is 5.56 Å². The summed E-state index contributed by atoms with van der Waals surface area (Å²) in [7, 11) is 1.69. The summed E-state index contributed by atoms with van der Waals surface area (Å²) < 4.78 is 5.35. The summed E-state index contributed by atoms with van der Waals surface area (Å²) in [6, 6.07) is 6.83. The summed E-state index contributed by atoms with van der Waals surface area (Å²) in [5, 5.41) is 3.39. The van der Waals surface area contributed by atoms with Gasteiger partial charge in [-0.2, -0.15) is 0 Å². The van der Waals surface area contributed by atoms with Crippen LogP contribution >= 0.6 is 0 Å². The van der Waals surface area contributed by atoms with Gasteiger partial charge in [0.2, 0.25) is 5.91 Å². The molecule has 0 radical (unpaired) electrons. The van der Waals surface area contributed by atoms with Gasteiger partial charge in [-0.05, 0) is 45.7 Å². The van der Waals surface area contributed by atoms with Gasteiger partial charge >= 0.3 is 6.09 Å². The van der Waals surface area contributed by atoms with Crippen molar-refractivity contribution in [1.82, 2.24) is 20.2 Å². The number of benzene rings is 1. The van der Waals surface area contributed by atoms with Crippen LogP contribution in [0.1, 0.15) is 52.3 Å². The van der Waals surface area contributed by atoms with E-state index in [0.717, 1.165) is 19.3 Å². The molecule has 162 valence electrons. The summed E-state index contributed by atoms with van der Waals surface area (Å²) in [6.07, 6.45) is 2.81. The van der Waals surface area contributed by atoms with Crippen LogP contribution < -0.4 is 10.9 Å². The number of nitrogens with zero attached hydrogens (tertiary/aromatic N) is 2. The van der Waals surface area contributed by atoms with Crippen molar-refractivity contribution in [3.8, 4) is 0 Å². The van der Waals surface area contributed by atoms with Gasteiger partial charge in [-0.3, -0.25) is 9.59 Å². The summed E-state index contributed by atoms with van der Waals surface area (Å²) in [6.45, 7) is 5.61. The first kappa shape index (κ1) is 21.8. The lowest BCUT2D eigenvalue weighted by Gasteiger charge is -2.34. The third-order valence-electron chi connectivity index (χ3n) is 5.21. The van der Waals surface area contributed by atoms with Gasteiger partial charge in [0.05, 0.1) is 23.4 Å². The quantitative estimate of drug-likeness (QED) is 0.800. The Bertz CT molecular complexity index is 979. The minimum Gasteiger partial charge on any atom is -0.444 e. The number of nitrogens with one attached hydrogen (secondary N) is 2. The molecule has 2 N–H and O–H groups in total. The van der Waals surface area contributed by atoms with E-state index in [9.17, 15) is 14.4 Å². The lowest BCUT2D eigenvalue weighted by molar-refractivity contribution is -0.136. The Kier molecular flexibility index (Phi) is 6.43. The van der Waals surface area contributed by atoms with Gasteiger partial charge in [-0.15, -0.1) is 0 Å². The molecule has 0 saturated heterocycles. The average Bonchev–Trinajstić information content (AvgIpc) is 2.66. The molecule has 8 heteroatoms. The number of ether oxygens (including phenoxy) is 1. The fraction of sp³-hybridized carbons (Fsp3) is 0.545. The maximum Gasteiger partial charge on any atom is 0.407 e. The van der Waals surface area contributed by atoms with Gasteiger partial charge < -0.3 is 19.9 Å². The highest BCUT2D eigenvalue weighted by molar-refractivity contribution is 5.81. The molecule has 1 aromatic heterocycles. The second kappa shape index (κ2) is 8.85. The first-order chi connectivity index (χ1) is 14.1. The minimum atomic E-state index is -0.595. The van der Waals surface area contributed by atoms with Crippen molar-refractivity contribution >= 4 is 22.9 Å². The molecule has 8 nitrogen and oxygen atoms in total. The van der Waals surface area contributed by atoms with E-state index in [1.165, 1.54) is 0 Å². The predicted molar refractivity (Wildman–Crippen MR) is 114 cm³/mol. The molecule has 0 unspecified atom stereocenters. The monoisotopic (exact) mass is 414 g/mol. The van der Waals surface area contributed by atoms with Crippen LogP contribution in [0.3, 0.4) is 0 Å². The number of rotatable bonds is 4. The first-order valence-corrected chi connectivity index (χ1v) is 10.4. The molecular weight excluding hydrogens is 384 g/mol. The summed E-state index contributed by atoms with van der Waals surface area (Å²) in [5.74, 6) is 0.0250. The Hall–Kier alpha value is -2.90. The topological polar surface area (TPSA) is 104 Å². The van der Waals surface area contributed by atoms with Gasteiger partial charge in [-0.1, -0.05) is 25.0 Å². The van der Waals surface area contributed by atoms with E-state index in [1.807, 2.05) is 6.07 Å². The van der Waals surface area contributed by atoms with Crippen LogP contribution in [0.15, 0.2) is 29.1 Å². The number of aromatic amines is 1. The van der Waals surface area contributed by atoms with Gasteiger partial charge in [0.1, 0.15) is 11.4 Å². The fourth-order valence-corrected chi connectivity index (χ4v) is 3.85. The third kappa shape index (κ3) is 5.37. The highest BCUT2D eigenvalue weighted by Gasteiger charge is 2.34. The van der Waals surface area contributed by atoms with E-state index in [4.69, 9.17) is 4.74 Å². The Morgan fingerprint density at radius 2 is 1.93 bits per heavy atom. The molecule has 1 fully saturated rings. The number of carbonyl (C=O) groups excluding carboxylic acids is 2. The molecule has 1 aromatic carbocycles. The van der Waals surface area contributed by atoms with Crippen LogP contribution in [0.2, 0.25) is 0 Å². The summed E-state index contributed by atoms with van der Waals surface area (Å²) in [5.41, 5.74) is -0.222. The Balaban J connectivity index is 1.70. The van der Waals surface area contributed by atoms with E-state index >= 15 is 0 Å². The summed E-state index contributed by atoms with van der Waals surface area (Å²) >= 11 is 0. The second-order valence-corrected chi connectivity index (χ2v) is 8.87. The smallest absolute Gasteiger partial charge is 0.407 e. The van der Waals surface area contributed by atoms with Crippen molar-refractivity contribution in [1.29, 1.82) is 0 Å². The molecular formula is C22H30N4O4. The highest BCUT2D eigenvalue weighted by atomic mass is 16.6. The number of para-hydroxylation sites is 1. The third-order valence-corrected chi connectivity index (χ3v) is 5.21. The molecule has 0 bridgehead atoms. The van der Waals surface area contributed by atoms with Crippen molar-refractivity contribution in [2.45, 2.75) is 64.6 Å². The number of hydrogen-bond acceptors (Lipinski definition) is 5. The molecule has 2 aromatic rings. The number of carbonyl (C=O) groups is 2. The van der Waals surface area contributed by atoms with Gasteiger partial charge in [0.15, 0.2) is 0 Å². The largest absolute Gasteiger partial charge is 0.444 e. The lowest BCUT2D eigenvalue weighted by atomic mass is 9.83. The molecule has 1 heterocycles. The molecule has 30 heavy (non-hydrogen) atoms. The molecule has 3 rings (SSSR count). The highest BCUT2D eigenvalue weighted by Crippen LogP contribution is 2.27. The van der Waals surface area contributed by atoms with Crippen LogP contribution in [0.4, 0.5) is 4.79 Å². The number of H-pyrrole nitrogens is 1. The number of amides is 2. The van der Waals surface area contributed by atoms with Crippen LogP contribution in [0.5, 0.6) is 0 Å². The van der Waals surface area contributed by atoms with Gasteiger partial charge in [-0.25, -0.2) is 9.78 Å². The van der Waals surface area contributed by atoms with Crippen molar-refractivity contribution in [3.63, 3.8) is 0 Å². The Labute approximate surface area is 176 Å². The Morgan fingerprint density at radius 3 is 2.67 bits per heavy atom. The van der Waals surface area contributed by atoms with E-state index in [-0.39, 0.29) is 30.0 Å². The normalized spacial score (nSPS) is 19.3. The van der Waals surface area contributed by atoms with E-state index in [1.54, 1.807) is 50.9 Å². The molecule has 2 amide bonds. The SMILES string of the molecule is CN(Cc1nc2ccccc2c(=O)[nH]1)C(=O)[C@H]1CCCC[C@H]1NC(=O)OC(C)(C)C. The molecule has 1 aliphatic rings. The van der Waals surface area contributed by atoms with Crippen molar-refractivity contribution in [2.24, 2.45) is 5.92 Å². The average molecular weight is 415 g/mol. The maximum atomic E-state index is 13.1. The van der Waals surface area contributed by atoms with Crippen LogP contribution in [0, 0.1) is 5.92 Å². The number of alkyl carbamates (subject to hydrolysis) is 1. The minimum absolute atomic E-state index is 0.0773. The zero-order valence-corrected chi connectivity index (χ0v) is 18.0. The molecule has 2 atom stereocenters. The van der Waals surface area contributed by atoms with Crippen molar-refractivity contribution in [2.75, 3.05) is 7.05 Å². The number of hydrogen-bond donors (Lipinski definition) is 2. The molecule has 0 aliphatic heterocycles. The standard InChI is InChI=1S/C22H30N4O4/c1-22(2,3)30-21(29)24-17-12-8-6-10-15(17)20(28)26(4)13-18-23-16-11-7-5-9-14(16)19(27)25-18/h5,7,9,11,15,17H,6,8,10,12-13H2,1-4H3,(H,24,29)(H,23,25,27)/t15-,17+/m0/s1. The number of fused-ring (bicyclic) bond motifs is 1. The zero-order chi connectivity index (χ0) is 21.9. The first-order valence-electron chi connectivity index (χ1n) is 10.4. The van der Waals surface area contributed by atoms with Crippen LogP contribution in [-0.2, 0) is 16.1 Å². The van der Waals surface area contributed by atoms with E-state index < -0.39 is 11.7 Å². The fourth-order valence-electron chi connectivity index (χ4n) is 3.85. The summed E-state index contributed by atoms with van der Waals surface area (Å²) in [4.78, 5) is 46.4. The molecule has 1 aliphatic carbocycles. The predicted octanol–water partition coefficient (Wildman–Crippen LogP) is 2.97. The van der Waals surface area contributed by atoms with E-state index in [2.05, 4.69) is 15.3 Å². The van der Waals surface area contributed by atoms with E-state index in [0.29, 0.717) is 23.1 Å². The molecule has 1 saturated carbocycles. The van der Waals surface area contributed by atoms with Crippen LogP contribution in [0.25, 0.3) is 10.9 Å². The van der Waals surface area contributed by atoms with Gasteiger partial charge in [0, 0.05) is 13.1 Å². The Morgan fingerprint density at radius 1 is 1.23 bits per heavy atom. The maximum absolute atomic E-state index is 13.1. The lowest BCUT2D eigenvalue weighted by Crippen LogP contribution is -2.49.